The average molecular weight is 545 g/mol. The number of likely N-dealkylation sites (tertiary alicyclic amines) is 2. The number of carbonyl (C=O) groups excluding carboxylic acids is 1. The SMILES string of the molecule is C.C.CC.CC.CC.CC.CC1CCC2(CCCCN(C)C2)C1=O.CC1CCC2(CCCCN(C)C2)C1O. The molecule has 4 heteroatoms. The van der Waals surface area contributed by atoms with Gasteiger partial charge in [0.15, 0.2) is 0 Å². The van der Waals surface area contributed by atoms with Gasteiger partial charge in [-0.2, -0.15) is 0 Å². The van der Waals surface area contributed by atoms with Crippen LogP contribution in [0.15, 0.2) is 0 Å². The van der Waals surface area contributed by atoms with Crippen LogP contribution in [0.4, 0.5) is 0 Å². The molecule has 0 bridgehead atoms. The number of Topliss-reactive ketones (excluding diaryl/α,β-unsaturated/α-hetero) is 1. The molecular weight excluding hydrogens is 468 g/mol. The largest absolute Gasteiger partial charge is 0.392 e. The van der Waals surface area contributed by atoms with Crippen molar-refractivity contribution in [3.63, 3.8) is 0 Å². The lowest BCUT2D eigenvalue weighted by atomic mass is 9.78. The topological polar surface area (TPSA) is 43.8 Å². The van der Waals surface area contributed by atoms with E-state index in [1.165, 1.54) is 58.0 Å². The maximum absolute atomic E-state index is 12.2. The van der Waals surface area contributed by atoms with Gasteiger partial charge in [0.05, 0.1) is 6.10 Å². The second-order valence-corrected chi connectivity index (χ2v) is 10.8. The minimum Gasteiger partial charge on any atom is -0.392 e. The molecule has 2 aliphatic carbocycles. The first-order valence-electron chi connectivity index (χ1n) is 15.9. The molecule has 2 aliphatic heterocycles. The molecule has 1 N–H and O–H groups in total. The van der Waals surface area contributed by atoms with E-state index in [-0.39, 0.29) is 31.8 Å². The highest BCUT2D eigenvalue weighted by molar-refractivity contribution is 5.89. The van der Waals surface area contributed by atoms with E-state index >= 15 is 0 Å². The second-order valence-electron chi connectivity index (χ2n) is 10.8. The van der Waals surface area contributed by atoms with Crippen molar-refractivity contribution >= 4 is 5.78 Å². The standard InChI is InChI=1S/C12H23NO.C12H21NO.4C2H6.2CH4/c2*1-10-5-7-12(11(10)14)6-3-4-8-13(2)9-12;4*1-2;;/h10-11,14H,3-9H2,1-2H3;10H,3-9H2,1-2H3;4*1-2H3;2*1H4. The van der Waals surface area contributed by atoms with Gasteiger partial charge in [0.25, 0.3) is 0 Å². The normalized spacial score (nSPS) is 32.3. The molecule has 4 fully saturated rings. The first kappa shape index (κ1) is 44.6. The third kappa shape index (κ3) is 12.8. The summed E-state index contributed by atoms with van der Waals surface area (Å²) in [5.41, 5.74) is 0.287. The Kier molecular flexibility index (Phi) is 28.6. The molecule has 0 amide bonds. The molecule has 5 atom stereocenters. The molecule has 2 heterocycles. The molecule has 38 heavy (non-hydrogen) atoms. The van der Waals surface area contributed by atoms with Gasteiger partial charge in [-0.05, 0) is 84.5 Å². The molecule has 4 rings (SSSR count). The fourth-order valence-corrected chi connectivity index (χ4v) is 6.62. The summed E-state index contributed by atoms with van der Waals surface area (Å²) in [6, 6.07) is 0. The summed E-state index contributed by atoms with van der Waals surface area (Å²) in [5.74, 6) is 1.38. The Morgan fingerprint density at radius 3 is 1.58 bits per heavy atom. The van der Waals surface area contributed by atoms with Crippen molar-refractivity contribution < 1.29 is 9.90 Å². The predicted molar refractivity (Wildman–Crippen MR) is 174 cm³/mol. The molecule has 234 valence electrons. The maximum Gasteiger partial charge on any atom is 0.143 e. The number of hydrogen-bond donors (Lipinski definition) is 1. The zero-order chi connectivity index (χ0) is 28.4. The molecule has 4 nitrogen and oxygen atoms in total. The van der Waals surface area contributed by atoms with E-state index < -0.39 is 0 Å². The summed E-state index contributed by atoms with van der Waals surface area (Å²) in [6.07, 6.45) is 12.1. The van der Waals surface area contributed by atoms with Crippen molar-refractivity contribution in [3.8, 4) is 0 Å². The van der Waals surface area contributed by atoms with Gasteiger partial charge in [-0.3, -0.25) is 4.79 Å². The minimum atomic E-state index is -0.0527. The highest BCUT2D eigenvalue weighted by atomic mass is 16.3. The summed E-state index contributed by atoms with van der Waals surface area (Å²) in [4.78, 5) is 16.9. The van der Waals surface area contributed by atoms with Crippen LogP contribution in [0.1, 0.15) is 148 Å². The van der Waals surface area contributed by atoms with Crippen molar-refractivity contribution in [3.05, 3.63) is 0 Å². The summed E-state index contributed by atoms with van der Waals surface area (Å²) < 4.78 is 0. The molecule has 2 spiro atoms. The quantitative estimate of drug-likeness (QED) is 0.330. The van der Waals surface area contributed by atoms with Gasteiger partial charge in [-0.1, -0.05) is 96.9 Å². The number of carbonyl (C=O) groups is 1. The number of hydrogen-bond acceptors (Lipinski definition) is 4. The van der Waals surface area contributed by atoms with Crippen molar-refractivity contribution in [1.29, 1.82) is 0 Å². The van der Waals surface area contributed by atoms with E-state index in [1.54, 1.807) is 0 Å². The maximum atomic E-state index is 12.2. The Labute approximate surface area is 242 Å². The Hall–Kier alpha value is -0.450. The Balaban J connectivity index is -0.000000231. The molecule has 0 radical (unpaired) electrons. The Bertz CT molecular complexity index is 541. The van der Waals surface area contributed by atoms with Crippen LogP contribution in [0.25, 0.3) is 0 Å². The first-order valence-corrected chi connectivity index (χ1v) is 15.9. The molecule has 4 aliphatic rings. The molecule has 2 saturated heterocycles. The molecule has 5 unspecified atom stereocenters. The van der Waals surface area contributed by atoms with Gasteiger partial charge in [0, 0.05) is 29.8 Å². The summed E-state index contributed by atoms with van der Waals surface area (Å²) in [6.45, 7) is 24.8. The van der Waals surface area contributed by atoms with Crippen molar-refractivity contribution in [2.45, 2.75) is 154 Å². The van der Waals surface area contributed by atoms with Crippen LogP contribution < -0.4 is 0 Å². The third-order valence-corrected chi connectivity index (χ3v) is 8.36. The van der Waals surface area contributed by atoms with Gasteiger partial charge < -0.3 is 14.9 Å². The van der Waals surface area contributed by atoms with Crippen molar-refractivity contribution in [2.24, 2.45) is 22.7 Å². The second kappa shape index (κ2) is 24.4. The number of aliphatic hydroxyl groups is 1. The molecule has 2 saturated carbocycles. The van der Waals surface area contributed by atoms with E-state index in [9.17, 15) is 9.90 Å². The number of nitrogens with zero attached hydrogens (tertiary/aromatic N) is 2. The number of aliphatic hydroxyl groups excluding tert-OH is 1. The summed E-state index contributed by atoms with van der Waals surface area (Å²) >= 11 is 0. The highest BCUT2D eigenvalue weighted by Gasteiger charge is 2.47. The van der Waals surface area contributed by atoms with Crippen LogP contribution in [0.3, 0.4) is 0 Å². The van der Waals surface area contributed by atoms with Crippen LogP contribution in [0.5, 0.6) is 0 Å². The molecule has 0 aromatic carbocycles. The lowest BCUT2D eigenvalue weighted by Gasteiger charge is -2.35. The summed E-state index contributed by atoms with van der Waals surface area (Å²) in [7, 11) is 4.35. The number of rotatable bonds is 0. The Morgan fingerprint density at radius 2 is 1.16 bits per heavy atom. The van der Waals surface area contributed by atoms with Gasteiger partial charge in [0.1, 0.15) is 5.78 Å². The van der Waals surface area contributed by atoms with Gasteiger partial charge >= 0.3 is 0 Å². The van der Waals surface area contributed by atoms with E-state index in [2.05, 4.69) is 37.7 Å². The van der Waals surface area contributed by atoms with E-state index in [0.29, 0.717) is 17.6 Å². The predicted octanol–water partition coefficient (Wildman–Crippen LogP) is 9.34. The smallest absolute Gasteiger partial charge is 0.143 e. The van der Waals surface area contributed by atoms with Crippen LogP contribution in [-0.4, -0.2) is 67.1 Å². The minimum absolute atomic E-state index is 0. The lowest BCUT2D eigenvalue weighted by Crippen LogP contribution is -2.41. The van der Waals surface area contributed by atoms with E-state index in [1.807, 2.05) is 55.4 Å². The molecule has 0 aromatic heterocycles. The number of ketones is 1. The van der Waals surface area contributed by atoms with Crippen LogP contribution >= 0.6 is 0 Å². The molecular formula is C34H76N2O2. The van der Waals surface area contributed by atoms with Crippen LogP contribution in [0, 0.1) is 22.7 Å². The third-order valence-electron chi connectivity index (χ3n) is 8.36. The fourth-order valence-electron chi connectivity index (χ4n) is 6.62. The average Bonchev–Trinajstić information content (AvgIpc) is 3.16. The zero-order valence-corrected chi connectivity index (χ0v) is 26.9. The first-order chi connectivity index (χ1) is 17.3. The van der Waals surface area contributed by atoms with E-state index in [0.717, 1.165) is 32.4 Å². The molecule has 0 aromatic rings. The Morgan fingerprint density at radius 1 is 0.684 bits per heavy atom. The van der Waals surface area contributed by atoms with Crippen molar-refractivity contribution in [1.82, 2.24) is 9.80 Å². The van der Waals surface area contributed by atoms with Gasteiger partial charge in [-0.25, -0.2) is 0 Å². The van der Waals surface area contributed by atoms with E-state index in [4.69, 9.17) is 0 Å². The lowest BCUT2D eigenvalue weighted by molar-refractivity contribution is -0.129. The zero-order valence-electron chi connectivity index (χ0n) is 26.9. The van der Waals surface area contributed by atoms with Crippen molar-refractivity contribution in [2.75, 3.05) is 40.3 Å². The monoisotopic (exact) mass is 545 g/mol. The fraction of sp³-hybridized carbons (Fsp3) is 0.971. The van der Waals surface area contributed by atoms with Crippen LogP contribution in [0.2, 0.25) is 0 Å². The van der Waals surface area contributed by atoms with Gasteiger partial charge in [0.2, 0.25) is 0 Å². The van der Waals surface area contributed by atoms with Crippen LogP contribution in [-0.2, 0) is 4.79 Å². The summed E-state index contributed by atoms with van der Waals surface area (Å²) in [5, 5.41) is 10.3. The van der Waals surface area contributed by atoms with Gasteiger partial charge in [-0.15, -0.1) is 0 Å². The highest BCUT2D eigenvalue weighted by Crippen LogP contribution is 2.47.